The molecule has 164 valence electrons. The maximum atomic E-state index is 13.5. The van der Waals surface area contributed by atoms with Crippen LogP contribution in [-0.4, -0.2) is 50.0 Å². The maximum Gasteiger partial charge on any atom is 0.323 e. The summed E-state index contributed by atoms with van der Waals surface area (Å²) in [6, 6.07) is 5.51. The maximum absolute atomic E-state index is 13.5. The van der Waals surface area contributed by atoms with Crippen LogP contribution >= 0.6 is 35.6 Å². The molecule has 2 aromatic carbocycles. The van der Waals surface area contributed by atoms with Gasteiger partial charge in [-0.2, -0.15) is 4.31 Å². The predicted octanol–water partition coefficient (Wildman–Crippen LogP) is 3.50. The van der Waals surface area contributed by atoms with Gasteiger partial charge in [0.1, 0.15) is 10.7 Å². The summed E-state index contributed by atoms with van der Waals surface area (Å²) in [6.45, 7) is 1.36. The van der Waals surface area contributed by atoms with E-state index in [2.05, 4.69) is 16.0 Å². The minimum atomic E-state index is -4.08. The molecule has 4 N–H and O–H groups in total. The van der Waals surface area contributed by atoms with E-state index in [0.717, 1.165) is 6.07 Å². The summed E-state index contributed by atoms with van der Waals surface area (Å²) in [7, 11) is -4.08. The first-order valence-electron chi connectivity index (χ1n) is 8.46. The Morgan fingerprint density at radius 1 is 1.10 bits per heavy atom. The van der Waals surface area contributed by atoms with Crippen LogP contribution in [0.15, 0.2) is 35.2 Å². The number of rotatable bonds is 4. The quantitative estimate of drug-likeness (QED) is 0.481. The fourth-order valence-electron chi connectivity index (χ4n) is 2.78. The third kappa shape index (κ3) is 5.08. The van der Waals surface area contributed by atoms with E-state index in [1.54, 1.807) is 0 Å². The van der Waals surface area contributed by atoms with E-state index in [4.69, 9.17) is 23.2 Å². The van der Waals surface area contributed by atoms with E-state index < -0.39 is 32.5 Å². The Hall–Kier alpha value is -1.82. The van der Waals surface area contributed by atoms with Crippen LogP contribution in [0.25, 0.3) is 0 Å². The number of carbonyl (C=O) groups is 1. The molecule has 0 spiro atoms. The molecule has 0 saturated carbocycles. The summed E-state index contributed by atoms with van der Waals surface area (Å²) in [5.74, 6) is -1.42. The molecule has 0 unspecified atom stereocenters. The summed E-state index contributed by atoms with van der Waals surface area (Å²) < 4.78 is 40.5. The number of aromatic hydroxyl groups is 1. The van der Waals surface area contributed by atoms with Gasteiger partial charge in [-0.1, -0.05) is 29.3 Å². The molecule has 1 fully saturated rings. The second-order valence-electron chi connectivity index (χ2n) is 6.11. The fraction of sp³-hybridized carbons (Fsp3) is 0.235. The van der Waals surface area contributed by atoms with Crippen molar-refractivity contribution in [3.8, 4) is 5.75 Å². The molecule has 0 radical (unpaired) electrons. The highest BCUT2D eigenvalue weighted by molar-refractivity contribution is 7.89. The molecule has 0 aliphatic carbocycles. The molecule has 8 nitrogen and oxygen atoms in total. The molecular formula is C17H18Cl3FN4O4S. The van der Waals surface area contributed by atoms with Crippen molar-refractivity contribution in [2.75, 3.05) is 36.8 Å². The Morgan fingerprint density at radius 3 is 2.40 bits per heavy atom. The number of hydrogen-bond donors (Lipinski definition) is 4. The van der Waals surface area contributed by atoms with Crippen molar-refractivity contribution in [3.63, 3.8) is 0 Å². The van der Waals surface area contributed by atoms with E-state index in [1.165, 1.54) is 28.6 Å². The molecule has 13 heteroatoms. The van der Waals surface area contributed by atoms with Gasteiger partial charge in [0.25, 0.3) is 0 Å². The van der Waals surface area contributed by atoms with Crippen molar-refractivity contribution < 1.29 is 22.7 Å². The topological polar surface area (TPSA) is 111 Å². The first-order valence-corrected chi connectivity index (χ1v) is 10.7. The summed E-state index contributed by atoms with van der Waals surface area (Å²) >= 11 is 11.8. The molecule has 0 aromatic heterocycles. The van der Waals surface area contributed by atoms with Gasteiger partial charge in [0.05, 0.1) is 21.4 Å². The summed E-state index contributed by atoms with van der Waals surface area (Å²) in [6.07, 6.45) is 0. The molecule has 1 saturated heterocycles. The number of anilines is 2. The van der Waals surface area contributed by atoms with Crippen molar-refractivity contribution in [2.45, 2.75) is 4.90 Å². The number of benzene rings is 2. The number of urea groups is 1. The van der Waals surface area contributed by atoms with Gasteiger partial charge in [0.2, 0.25) is 10.0 Å². The Labute approximate surface area is 188 Å². The van der Waals surface area contributed by atoms with Crippen LogP contribution in [-0.2, 0) is 10.0 Å². The summed E-state index contributed by atoms with van der Waals surface area (Å²) in [5.41, 5.74) is -0.181. The van der Waals surface area contributed by atoms with Crippen molar-refractivity contribution >= 4 is 63.0 Å². The van der Waals surface area contributed by atoms with Crippen molar-refractivity contribution in [2.24, 2.45) is 0 Å². The highest BCUT2D eigenvalue weighted by Crippen LogP contribution is 2.38. The first-order chi connectivity index (χ1) is 13.7. The van der Waals surface area contributed by atoms with Gasteiger partial charge in [0, 0.05) is 26.2 Å². The number of phenols is 1. The molecule has 30 heavy (non-hydrogen) atoms. The Balaban J connectivity index is 0.00000320. The number of nitrogens with zero attached hydrogens (tertiary/aromatic N) is 1. The van der Waals surface area contributed by atoms with Gasteiger partial charge >= 0.3 is 6.03 Å². The zero-order chi connectivity index (χ0) is 21.2. The zero-order valence-corrected chi connectivity index (χ0v) is 18.4. The van der Waals surface area contributed by atoms with Crippen molar-refractivity contribution in [3.05, 3.63) is 46.2 Å². The lowest BCUT2D eigenvalue weighted by Gasteiger charge is -2.27. The van der Waals surface area contributed by atoms with E-state index in [9.17, 15) is 22.7 Å². The van der Waals surface area contributed by atoms with Crippen LogP contribution in [0.2, 0.25) is 10.0 Å². The van der Waals surface area contributed by atoms with E-state index in [1.807, 2.05) is 0 Å². The molecule has 2 aromatic rings. The largest absolute Gasteiger partial charge is 0.504 e. The normalized spacial score (nSPS) is 14.6. The van der Waals surface area contributed by atoms with Gasteiger partial charge in [-0.05, 0) is 24.3 Å². The van der Waals surface area contributed by atoms with Crippen LogP contribution in [0.5, 0.6) is 5.75 Å². The van der Waals surface area contributed by atoms with Gasteiger partial charge in [-0.25, -0.2) is 17.6 Å². The van der Waals surface area contributed by atoms with Crippen molar-refractivity contribution in [1.82, 2.24) is 9.62 Å². The smallest absolute Gasteiger partial charge is 0.323 e. The standard InChI is InChI=1S/C17H17Cl2FN4O4S.ClH/c18-10-4-5-13(23-17(26)22-12-3-1-2-11(20)14(12)19)15(25)16(10)29(27,28)24-8-6-21-7-9-24;/h1-5,21,25H,6-9H2,(H2,22,23,26);1H. The second kappa shape index (κ2) is 9.99. The average Bonchev–Trinajstić information content (AvgIpc) is 2.68. The molecule has 2 amide bonds. The second-order valence-corrected chi connectivity index (χ2v) is 8.77. The Bertz CT molecular complexity index is 1050. The van der Waals surface area contributed by atoms with E-state index in [-0.39, 0.29) is 46.9 Å². The number of halogens is 4. The lowest BCUT2D eigenvalue weighted by molar-refractivity contribution is 0.262. The molecular weight excluding hydrogens is 482 g/mol. The van der Waals surface area contributed by atoms with Gasteiger partial charge in [0.15, 0.2) is 5.75 Å². The van der Waals surface area contributed by atoms with E-state index in [0.29, 0.717) is 13.1 Å². The third-order valence-electron chi connectivity index (χ3n) is 4.21. The Kier molecular flexibility index (Phi) is 8.14. The highest BCUT2D eigenvalue weighted by Gasteiger charge is 2.32. The van der Waals surface area contributed by atoms with Crippen LogP contribution in [0.1, 0.15) is 0 Å². The van der Waals surface area contributed by atoms with Crippen LogP contribution < -0.4 is 16.0 Å². The summed E-state index contributed by atoms with van der Waals surface area (Å²) in [5, 5.41) is 17.7. The number of nitrogens with one attached hydrogen (secondary N) is 3. The SMILES string of the molecule is Cl.O=C(Nc1ccc(Cl)c(S(=O)(=O)N2CCNCC2)c1O)Nc1cccc(F)c1Cl. The fourth-order valence-corrected chi connectivity index (χ4v) is 4.99. The van der Waals surface area contributed by atoms with Crippen LogP contribution in [0.4, 0.5) is 20.6 Å². The van der Waals surface area contributed by atoms with Crippen LogP contribution in [0, 0.1) is 5.82 Å². The van der Waals surface area contributed by atoms with Crippen molar-refractivity contribution in [1.29, 1.82) is 0 Å². The third-order valence-corrected chi connectivity index (χ3v) is 6.99. The monoisotopic (exact) mass is 498 g/mol. The minimum Gasteiger partial charge on any atom is -0.504 e. The number of hydrogen-bond acceptors (Lipinski definition) is 5. The highest BCUT2D eigenvalue weighted by atomic mass is 35.5. The lowest BCUT2D eigenvalue weighted by Crippen LogP contribution is -2.46. The first kappa shape index (κ1) is 24.4. The number of amides is 2. The molecule has 0 atom stereocenters. The zero-order valence-electron chi connectivity index (χ0n) is 15.3. The number of carbonyl (C=O) groups excluding carboxylic acids is 1. The van der Waals surface area contributed by atoms with Gasteiger partial charge in [-0.3, -0.25) is 0 Å². The molecule has 3 rings (SSSR count). The minimum absolute atomic E-state index is 0. The van der Waals surface area contributed by atoms with Gasteiger partial charge in [-0.15, -0.1) is 12.4 Å². The molecule has 1 aliphatic rings. The number of sulfonamides is 1. The van der Waals surface area contributed by atoms with Gasteiger partial charge < -0.3 is 21.1 Å². The molecule has 0 bridgehead atoms. The number of piperazine rings is 1. The molecule has 1 aliphatic heterocycles. The predicted molar refractivity (Wildman–Crippen MR) is 116 cm³/mol. The molecule has 1 heterocycles. The average molecular weight is 500 g/mol. The Morgan fingerprint density at radius 2 is 1.73 bits per heavy atom. The number of phenolic OH excluding ortho intramolecular Hbond substituents is 1. The summed E-state index contributed by atoms with van der Waals surface area (Å²) in [4.78, 5) is 11.7. The lowest BCUT2D eigenvalue weighted by atomic mass is 10.3. The van der Waals surface area contributed by atoms with Crippen LogP contribution in [0.3, 0.4) is 0 Å². The van der Waals surface area contributed by atoms with E-state index >= 15 is 0 Å².